The molecule has 0 amide bonds. The lowest BCUT2D eigenvalue weighted by Gasteiger charge is -2.09. The van der Waals surface area contributed by atoms with Gasteiger partial charge in [-0.25, -0.2) is 0 Å². The van der Waals surface area contributed by atoms with E-state index in [1.807, 2.05) is 12.1 Å². The average molecular weight is 291 g/mol. The molecule has 1 heterocycles. The molecule has 2 heteroatoms. The van der Waals surface area contributed by atoms with Gasteiger partial charge in [0.2, 0.25) is 0 Å². The van der Waals surface area contributed by atoms with Gasteiger partial charge in [0.1, 0.15) is 5.69 Å². The van der Waals surface area contributed by atoms with Crippen molar-refractivity contribution in [1.82, 2.24) is 5.16 Å². The molecule has 3 rings (SSSR count). The normalized spacial score (nSPS) is 11.0. The fraction of sp³-hybridized carbons (Fsp3) is 0.250. The van der Waals surface area contributed by atoms with E-state index >= 15 is 0 Å². The Morgan fingerprint density at radius 1 is 0.818 bits per heavy atom. The van der Waals surface area contributed by atoms with Gasteiger partial charge in [-0.3, -0.25) is 0 Å². The van der Waals surface area contributed by atoms with Crippen molar-refractivity contribution in [3.8, 4) is 22.6 Å². The number of aromatic nitrogens is 1. The Hall–Kier alpha value is -2.35. The van der Waals surface area contributed by atoms with Crippen LogP contribution in [0.15, 0.2) is 40.9 Å². The molecule has 0 fully saturated rings. The molecular weight excluding hydrogens is 270 g/mol. The second-order valence-corrected chi connectivity index (χ2v) is 6.07. The minimum absolute atomic E-state index is 0.868. The van der Waals surface area contributed by atoms with Crippen LogP contribution >= 0.6 is 0 Å². The lowest BCUT2D eigenvalue weighted by Crippen LogP contribution is -1.92. The summed E-state index contributed by atoms with van der Waals surface area (Å²) in [5, 5.41) is 4.38. The highest BCUT2D eigenvalue weighted by molar-refractivity contribution is 5.77. The van der Waals surface area contributed by atoms with Gasteiger partial charge in [0.05, 0.1) is 0 Å². The van der Waals surface area contributed by atoms with Crippen molar-refractivity contribution in [2.75, 3.05) is 0 Å². The lowest BCUT2D eigenvalue weighted by atomic mass is 9.94. The molecule has 0 bridgehead atoms. The van der Waals surface area contributed by atoms with Crippen LogP contribution in [0.25, 0.3) is 22.6 Å². The molecule has 2 aromatic carbocycles. The van der Waals surface area contributed by atoms with E-state index in [-0.39, 0.29) is 0 Å². The van der Waals surface area contributed by atoms with Crippen LogP contribution in [-0.4, -0.2) is 5.16 Å². The lowest BCUT2D eigenvalue weighted by molar-refractivity contribution is 0.434. The van der Waals surface area contributed by atoms with Crippen molar-refractivity contribution in [3.05, 3.63) is 64.2 Å². The highest BCUT2D eigenvalue weighted by Crippen LogP contribution is 2.36. The van der Waals surface area contributed by atoms with Crippen molar-refractivity contribution in [2.24, 2.45) is 0 Å². The third-order valence-electron chi connectivity index (χ3n) is 4.23. The molecule has 1 aromatic heterocycles. The van der Waals surface area contributed by atoms with Gasteiger partial charge in [0.15, 0.2) is 5.76 Å². The minimum Gasteiger partial charge on any atom is -0.355 e. The zero-order valence-electron chi connectivity index (χ0n) is 13.8. The highest BCUT2D eigenvalue weighted by Gasteiger charge is 2.19. The summed E-state index contributed by atoms with van der Waals surface area (Å²) in [4.78, 5) is 0. The molecule has 22 heavy (non-hydrogen) atoms. The molecule has 0 atom stereocenters. The minimum atomic E-state index is 0.868. The van der Waals surface area contributed by atoms with Crippen LogP contribution in [0.2, 0.25) is 0 Å². The van der Waals surface area contributed by atoms with Gasteiger partial charge in [-0.1, -0.05) is 47.1 Å². The number of nitrogens with zero attached hydrogens (tertiary/aromatic N) is 1. The maximum atomic E-state index is 5.71. The number of rotatable bonds is 2. The van der Waals surface area contributed by atoms with Crippen LogP contribution in [0.3, 0.4) is 0 Å². The predicted molar refractivity (Wildman–Crippen MR) is 91.1 cm³/mol. The fourth-order valence-corrected chi connectivity index (χ4v) is 3.20. The summed E-state index contributed by atoms with van der Waals surface area (Å²) < 4.78 is 5.71. The van der Waals surface area contributed by atoms with E-state index in [2.05, 4.69) is 64.0 Å². The second kappa shape index (κ2) is 5.45. The zero-order chi connectivity index (χ0) is 15.9. The van der Waals surface area contributed by atoms with Crippen LogP contribution in [-0.2, 0) is 0 Å². The summed E-state index contributed by atoms with van der Waals surface area (Å²) in [6, 6.07) is 12.7. The third kappa shape index (κ3) is 2.35. The smallest absolute Gasteiger partial charge is 0.170 e. The van der Waals surface area contributed by atoms with E-state index in [4.69, 9.17) is 4.52 Å². The van der Waals surface area contributed by atoms with Gasteiger partial charge in [-0.2, -0.15) is 0 Å². The van der Waals surface area contributed by atoms with Crippen molar-refractivity contribution in [1.29, 1.82) is 0 Å². The van der Waals surface area contributed by atoms with Gasteiger partial charge >= 0.3 is 0 Å². The van der Waals surface area contributed by atoms with E-state index in [0.717, 1.165) is 22.6 Å². The molecule has 0 spiro atoms. The molecule has 0 aliphatic heterocycles. The Bertz CT molecular complexity index is 820. The Morgan fingerprint density at radius 2 is 1.45 bits per heavy atom. The van der Waals surface area contributed by atoms with E-state index in [1.165, 1.54) is 27.8 Å². The first-order chi connectivity index (χ1) is 10.5. The third-order valence-corrected chi connectivity index (χ3v) is 4.23. The molecule has 0 saturated heterocycles. The molecule has 112 valence electrons. The first-order valence-electron chi connectivity index (χ1n) is 7.59. The maximum absolute atomic E-state index is 5.71. The van der Waals surface area contributed by atoms with Crippen molar-refractivity contribution in [3.63, 3.8) is 0 Å². The molecule has 0 radical (unpaired) electrons. The monoisotopic (exact) mass is 291 g/mol. The number of aryl methyl sites for hydroxylation is 4. The molecule has 0 aliphatic rings. The molecule has 0 aliphatic carbocycles. The number of hydrogen-bond acceptors (Lipinski definition) is 2. The summed E-state index contributed by atoms with van der Waals surface area (Å²) in [6.07, 6.45) is 0. The fourth-order valence-electron chi connectivity index (χ4n) is 3.20. The second-order valence-electron chi connectivity index (χ2n) is 6.07. The summed E-state index contributed by atoms with van der Waals surface area (Å²) >= 11 is 0. The van der Waals surface area contributed by atoms with Crippen molar-refractivity contribution < 1.29 is 4.52 Å². The SMILES string of the molecule is Cc1cc(C)c(-c2noc(-c3ccccc3C)c2C)c(C)c1. The Kier molecular flexibility index (Phi) is 3.61. The van der Waals surface area contributed by atoms with E-state index in [0.29, 0.717) is 0 Å². The molecule has 2 nitrogen and oxygen atoms in total. The number of hydrogen-bond donors (Lipinski definition) is 0. The van der Waals surface area contributed by atoms with Gasteiger partial charge in [0.25, 0.3) is 0 Å². The van der Waals surface area contributed by atoms with Gasteiger partial charge < -0.3 is 4.52 Å². The first-order valence-corrected chi connectivity index (χ1v) is 7.59. The van der Waals surface area contributed by atoms with E-state index in [1.54, 1.807) is 0 Å². The Morgan fingerprint density at radius 3 is 2.09 bits per heavy atom. The van der Waals surface area contributed by atoms with Gasteiger partial charge in [0, 0.05) is 16.7 Å². The standard InChI is InChI=1S/C20H21NO/c1-12-10-14(3)18(15(4)11-12)19-16(5)20(22-21-19)17-9-7-6-8-13(17)2/h6-11H,1-5H3. The quantitative estimate of drug-likeness (QED) is 0.618. The summed E-state index contributed by atoms with van der Waals surface area (Å²) in [6.45, 7) is 10.6. The molecular formula is C20H21NO. The largest absolute Gasteiger partial charge is 0.355 e. The zero-order valence-corrected chi connectivity index (χ0v) is 13.8. The number of benzene rings is 2. The maximum Gasteiger partial charge on any atom is 0.170 e. The van der Waals surface area contributed by atoms with Crippen molar-refractivity contribution in [2.45, 2.75) is 34.6 Å². The summed E-state index contributed by atoms with van der Waals surface area (Å²) in [5.41, 5.74) is 9.31. The molecule has 0 N–H and O–H groups in total. The molecule has 0 saturated carbocycles. The summed E-state index contributed by atoms with van der Waals surface area (Å²) in [7, 11) is 0. The molecule has 3 aromatic rings. The van der Waals surface area contributed by atoms with Crippen LogP contribution in [0.1, 0.15) is 27.8 Å². The van der Waals surface area contributed by atoms with E-state index < -0.39 is 0 Å². The Labute approximate surface area is 131 Å². The highest BCUT2D eigenvalue weighted by atomic mass is 16.5. The van der Waals surface area contributed by atoms with Crippen molar-refractivity contribution >= 4 is 0 Å². The predicted octanol–water partition coefficient (Wildman–Crippen LogP) is 5.55. The average Bonchev–Trinajstić information content (AvgIpc) is 2.80. The van der Waals surface area contributed by atoms with Gasteiger partial charge in [-0.15, -0.1) is 0 Å². The molecule has 0 unspecified atom stereocenters. The van der Waals surface area contributed by atoms with E-state index in [9.17, 15) is 0 Å². The summed E-state index contributed by atoms with van der Waals surface area (Å²) in [5.74, 6) is 0.868. The first kappa shape index (κ1) is 14.6. The topological polar surface area (TPSA) is 26.0 Å². The van der Waals surface area contributed by atoms with Crippen LogP contribution in [0.4, 0.5) is 0 Å². The van der Waals surface area contributed by atoms with Crippen LogP contribution in [0, 0.1) is 34.6 Å². The Balaban J connectivity index is 2.19. The van der Waals surface area contributed by atoms with Crippen LogP contribution in [0.5, 0.6) is 0 Å². The van der Waals surface area contributed by atoms with Crippen LogP contribution < -0.4 is 0 Å². The van der Waals surface area contributed by atoms with Gasteiger partial charge in [-0.05, 0) is 51.3 Å².